The molecule has 0 aliphatic heterocycles. The van der Waals surface area contributed by atoms with Crippen LogP contribution in [0.3, 0.4) is 0 Å². The molecular weight excluding hydrogens is 406 g/mol. The van der Waals surface area contributed by atoms with E-state index in [9.17, 15) is 18.4 Å². The molecule has 31 heavy (non-hydrogen) atoms. The second kappa shape index (κ2) is 10.2. The quantitative estimate of drug-likeness (QED) is 0.551. The first-order valence-electron chi connectivity index (χ1n) is 9.46. The molecule has 0 saturated heterocycles. The van der Waals surface area contributed by atoms with Crippen LogP contribution in [0.5, 0.6) is 11.5 Å². The Morgan fingerprint density at radius 2 is 1.48 bits per heavy atom. The number of amides is 2. The zero-order valence-corrected chi connectivity index (χ0v) is 16.7. The Labute approximate surface area is 177 Å². The van der Waals surface area contributed by atoms with Crippen molar-refractivity contribution in [1.82, 2.24) is 0 Å². The van der Waals surface area contributed by atoms with Crippen LogP contribution in [0.4, 0.5) is 20.2 Å². The summed E-state index contributed by atoms with van der Waals surface area (Å²) in [5.41, 5.74) is 1.46. The van der Waals surface area contributed by atoms with Gasteiger partial charge in [-0.3, -0.25) is 9.59 Å². The molecule has 0 atom stereocenters. The molecule has 0 spiro atoms. The van der Waals surface area contributed by atoms with Crippen molar-refractivity contribution >= 4 is 23.2 Å². The van der Waals surface area contributed by atoms with Gasteiger partial charge in [-0.15, -0.1) is 0 Å². The summed E-state index contributed by atoms with van der Waals surface area (Å²) in [7, 11) is 0. The summed E-state index contributed by atoms with van der Waals surface area (Å²) in [5, 5.41) is 5.34. The van der Waals surface area contributed by atoms with Gasteiger partial charge in [-0.2, -0.15) is 0 Å². The average molecular weight is 426 g/mol. The number of carbonyl (C=O) groups is 2. The number of hydrogen-bond acceptors (Lipinski definition) is 4. The van der Waals surface area contributed by atoms with E-state index >= 15 is 0 Å². The van der Waals surface area contributed by atoms with Crippen LogP contribution >= 0.6 is 0 Å². The fraction of sp³-hybridized carbons (Fsp3) is 0.130. The summed E-state index contributed by atoms with van der Waals surface area (Å²) < 4.78 is 36.8. The van der Waals surface area contributed by atoms with E-state index in [1.165, 1.54) is 0 Å². The first-order valence-corrected chi connectivity index (χ1v) is 9.46. The van der Waals surface area contributed by atoms with Crippen LogP contribution in [-0.4, -0.2) is 25.0 Å². The van der Waals surface area contributed by atoms with E-state index in [2.05, 4.69) is 10.6 Å². The SMILES string of the molecule is CCOc1ccc(NC(=O)c2ccc(NC(=O)COc3ccc(F)cc3F)cc2)cc1. The fourth-order valence-corrected chi connectivity index (χ4v) is 2.64. The lowest BCUT2D eigenvalue weighted by Gasteiger charge is -2.10. The summed E-state index contributed by atoms with van der Waals surface area (Å²) >= 11 is 0. The molecular formula is C23H20F2N2O4. The molecule has 0 heterocycles. The lowest BCUT2D eigenvalue weighted by Crippen LogP contribution is -2.20. The van der Waals surface area contributed by atoms with Crippen LogP contribution in [0, 0.1) is 11.6 Å². The Morgan fingerprint density at radius 3 is 2.13 bits per heavy atom. The lowest BCUT2D eigenvalue weighted by molar-refractivity contribution is -0.118. The van der Waals surface area contributed by atoms with E-state index in [0.29, 0.717) is 35.4 Å². The van der Waals surface area contributed by atoms with Crippen molar-refractivity contribution < 1.29 is 27.8 Å². The minimum atomic E-state index is -0.893. The largest absolute Gasteiger partial charge is 0.494 e. The summed E-state index contributed by atoms with van der Waals surface area (Å²) in [4.78, 5) is 24.3. The Balaban J connectivity index is 1.51. The number of anilines is 2. The van der Waals surface area contributed by atoms with Gasteiger partial charge in [-0.1, -0.05) is 0 Å². The molecule has 0 saturated carbocycles. The fourth-order valence-electron chi connectivity index (χ4n) is 2.64. The van der Waals surface area contributed by atoms with Crippen LogP contribution in [0.2, 0.25) is 0 Å². The Kier molecular flexibility index (Phi) is 7.16. The number of carbonyl (C=O) groups excluding carboxylic acids is 2. The molecule has 8 heteroatoms. The van der Waals surface area contributed by atoms with Crippen molar-refractivity contribution in [1.29, 1.82) is 0 Å². The summed E-state index contributed by atoms with van der Waals surface area (Å²) in [6.07, 6.45) is 0. The zero-order chi connectivity index (χ0) is 22.2. The van der Waals surface area contributed by atoms with Gasteiger partial charge in [0.2, 0.25) is 0 Å². The molecule has 0 aliphatic carbocycles. The Hall–Kier alpha value is -3.94. The number of nitrogens with one attached hydrogen (secondary N) is 2. The van der Waals surface area contributed by atoms with E-state index in [4.69, 9.17) is 9.47 Å². The Morgan fingerprint density at radius 1 is 0.839 bits per heavy atom. The van der Waals surface area contributed by atoms with E-state index in [1.807, 2.05) is 6.92 Å². The van der Waals surface area contributed by atoms with Gasteiger partial charge in [0.25, 0.3) is 11.8 Å². The smallest absolute Gasteiger partial charge is 0.262 e. The third-order valence-electron chi connectivity index (χ3n) is 4.11. The van der Waals surface area contributed by atoms with Gasteiger partial charge in [-0.05, 0) is 67.6 Å². The molecule has 160 valence electrons. The monoisotopic (exact) mass is 426 g/mol. The number of hydrogen-bond donors (Lipinski definition) is 2. The Bertz CT molecular complexity index is 1050. The predicted octanol–water partition coefficient (Wildman–Crippen LogP) is 4.63. The van der Waals surface area contributed by atoms with Crippen molar-refractivity contribution in [3.63, 3.8) is 0 Å². The number of rotatable bonds is 8. The minimum Gasteiger partial charge on any atom is -0.494 e. The predicted molar refractivity (Wildman–Crippen MR) is 112 cm³/mol. The molecule has 3 aromatic carbocycles. The minimum absolute atomic E-state index is 0.224. The van der Waals surface area contributed by atoms with E-state index in [0.717, 1.165) is 12.1 Å². The first kappa shape index (κ1) is 21.8. The highest BCUT2D eigenvalue weighted by atomic mass is 19.1. The highest BCUT2D eigenvalue weighted by Gasteiger charge is 2.10. The molecule has 0 aromatic heterocycles. The van der Waals surface area contributed by atoms with E-state index in [1.54, 1.807) is 48.5 Å². The molecule has 0 unspecified atom stereocenters. The van der Waals surface area contributed by atoms with Gasteiger partial charge < -0.3 is 20.1 Å². The summed E-state index contributed by atoms with van der Waals surface area (Å²) in [6.45, 7) is 1.99. The molecule has 0 bridgehead atoms. The van der Waals surface area contributed by atoms with Gasteiger partial charge >= 0.3 is 0 Å². The number of halogens is 2. The van der Waals surface area contributed by atoms with Crippen molar-refractivity contribution in [2.75, 3.05) is 23.8 Å². The highest BCUT2D eigenvalue weighted by molar-refractivity contribution is 6.04. The molecule has 3 rings (SSSR count). The number of benzene rings is 3. The zero-order valence-electron chi connectivity index (χ0n) is 16.7. The molecule has 0 fully saturated rings. The topological polar surface area (TPSA) is 76.7 Å². The second-order valence-corrected chi connectivity index (χ2v) is 6.40. The van der Waals surface area contributed by atoms with Crippen molar-refractivity contribution in [2.45, 2.75) is 6.92 Å². The standard InChI is InChI=1S/C23H20F2N2O4/c1-2-30-19-10-8-18(9-11-19)27-23(29)15-3-6-17(7-4-15)26-22(28)14-31-21-12-5-16(24)13-20(21)25/h3-13H,2,14H2,1H3,(H,26,28)(H,27,29). The first-order chi connectivity index (χ1) is 14.9. The van der Waals surface area contributed by atoms with Gasteiger partial charge in [0.15, 0.2) is 18.2 Å². The summed E-state index contributed by atoms with van der Waals surface area (Å²) in [6, 6.07) is 16.0. The van der Waals surface area contributed by atoms with Crippen molar-refractivity contribution in [2.24, 2.45) is 0 Å². The van der Waals surface area contributed by atoms with Gasteiger partial charge in [0, 0.05) is 23.0 Å². The van der Waals surface area contributed by atoms with Crippen LogP contribution in [-0.2, 0) is 4.79 Å². The van der Waals surface area contributed by atoms with Crippen LogP contribution in [0.25, 0.3) is 0 Å². The van der Waals surface area contributed by atoms with Crippen LogP contribution < -0.4 is 20.1 Å². The van der Waals surface area contributed by atoms with E-state index in [-0.39, 0.29) is 11.7 Å². The molecule has 2 N–H and O–H groups in total. The highest BCUT2D eigenvalue weighted by Crippen LogP contribution is 2.19. The molecule has 6 nitrogen and oxygen atoms in total. The van der Waals surface area contributed by atoms with Gasteiger partial charge in [0.1, 0.15) is 11.6 Å². The van der Waals surface area contributed by atoms with Gasteiger partial charge in [0.05, 0.1) is 6.61 Å². The van der Waals surface area contributed by atoms with E-state index < -0.39 is 24.1 Å². The summed E-state index contributed by atoms with van der Waals surface area (Å²) in [5.74, 6) is -1.98. The lowest BCUT2D eigenvalue weighted by atomic mass is 10.2. The third kappa shape index (κ3) is 6.27. The molecule has 0 radical (unpaired) electrons. The van der Waals surface area contributed by atoms with Gasteiger partial charge in [-0.25, -0.2) is 8.78 Å². The van der Waals surface area contributed by atoms with Crippen LogP contribution in [0.1, 0.15) is 17.3 Å². The second-order valence-electron chi connectivity index (χ2n) is 6.40. The van der Waals surface area contributed by atoms with Crippen LogP contribution in [0.15, 0.2) is 66.7 Å². The third-order valence-corrected chi connectivity index (χ3v) is 4.11. The van der Waals surface area contributed by atoms with Crippen molar-refractivity contribution in [3.8, 4) is 11.5 Å². The maximum atomic E-state index is 13.5. The maximum Gasteiger partial charge on any atom is 0.262 e. The maximum absolute atomic E-state index is 13.5. The molecule has 0 aliphatic rings. The number of ether oxygens (including phenoxy) is 2. The molecule has 2 amide bonds. The van der Waals surface area contributed by atoms with Crippen molar-refractivity contribution in [3.05, 3.63) is 83.9 Å². The molecule has 3 aromatic rings. The normalized spacial score (nSPS) is 10.3. The average Bonchev–Trinajstić information content (AvgIpc) is 2.75.